The number of hydrogen-bond donors (Lipinski definition) is 2. The predicted octanol–water partition coefficient (Wildman–Crippen LogP) is 10.3. The molecule has 4 saturated carbocycles. The first-order chi connectivity index (χ1) is 19.9. The first kappa shape index (κ1) is 32.2. The molecule has 0 saturated heterocycles. The molecule has 4 N–H and O–H groups in total. The van der Waals surface area contributed by atoms with Crippen LogP contribution in [-0.4, -0.2) is 12.7 Å². The molecule has 5 rings (SSSR count). The molecule has 0 bridgehead atoms. The Hall–Kier alpha value is -1.22. The standard InChI is InChI=1S/C39H66N2O/c1-26(2)11-10-12-27(3)32-15-16-33-31-14-17-35-37(4,5)36(19-21-39(35,7)34(31)18-20-38(32,33)6)42-22-9-8-13-28-23-29(40)25-30(41)24-28/h23-27,31-36H,8-22,40-41H2,1-7H3/t27?,31-,32+,33-,34-,35?,36?,38+,39+/m0/s1. The van der Waals surface area contributed by atoms with Crippen LogP contribution in [0.5, 0.6) is 0 Å². The number of aryl methyl sites for hydroxylation is 1. The Morgan fingerprint density at radius 3 is 2.17 bits per heavy atom. The lowest BCUT2D eigenvalue weighted by Crippen LogP contribution is -2.59. The van der Waals surface area contributed by atoms with Crippen molar-refractivity contribution in [2.45, 2.75) is 144 Å². The van der Waals surface area contributed by atoms with Crippen molar-refractivity contribution in [2.75, 3.05) is 18.1 Å². The number of nitrogens with two attached hydrogens (primary N) is 2. The molecule has 3 heteroatoms. The summed E-state index contributed by atoms with van der Waals surface area (Å²) in [5.41, 5.74) is 16.1. The van der Waals surface area contributed by atoms with Gasteiger partial charge in [0.2, 0.25) is 0 Å². The summed E-state index contributed by atoms with van der Waals surface area (Å²) in [4.78, 5) is 0. The van der Waals surface area contributed by atoms with Gasteiger partial charge in [-0.2, -0.15) is 0 Å². The van der Waals surface area contributed by atoms with Crippen LogP contribution in [0, 0.1) is 57.7 Å². The monoisotopic (exact) mass is 579 g/mol. The van der Waals surface area contributed by atoms with Gasteiger partial charge in [-0.1, -0.05) is 67.7 Å². The molecule has 1 aromatic carbocycles. The van der Waals surface area contributed by atoms with E-state index in [0.29, 0.717) is 16.9 Å². The molecule has 3 unspecified atom stereocenters. The van der Waals surface area contributed by atoms with E-state index in [1.54, 1.807) is 0 Å². The summed E-state index contributed by atoms with van der Waals surface area (Å²) in [5.74, 6) is 6.36. The van der Waals surface area contributed by atoms with Crippen LogP contribution >= 0.6 is 0 Å². The molecule has 0 radical (unpaired) electrons. The molecule has 3 nitrogen and oxygen atoms in total. The largest absolute Gasteiger partial charge is 0.399 e. The lowest BCUT2D eigenvalue weighted by atomic mass is 9.41. The van der Waals surface area contributed by atoms with Crippen LogP contribution < -0.4 is 11.5 Å². The van der Waals surface area contributed by atoms with Crippen molar-refractivity contribution in [1.29, 1.82) is 0 Å². The van der Waals surface area contributed by atoms with Gasteiger partial charge in [0.25, 0.3) is 0 Å². The van der Waals surface area contributed by atoms with Crippen molar-refractivity contribution >= 4 is 11.4 Å². The van der Waals surface area contributed by atoms with E-state index in [1.807, 2.05) is 6.07 Å². The highest BCUT2D eigenvalue weighted by molar-refractivity contribution is 5.54. The molecule has 4 aliphatic rings. The van der Waals surface area contributed by atoms with Crippen LogP contribution in [-0.2, 0) is 11.2 Å². The Kier molecular flexibility index (Phi) is 9.69. The summed E-state index contributed by atoms with van der Waals surface area (Å²) < 4.78 is 6.74. The second-order valence-electron chi connectivity index (χ2n) is 17.2. The number of hydrogen-bond acceptors (Lipinski definition) is 3. The van der Waals surface area contributed by atoms with Gasteiger partial charge in [0.05, 0.1) is 6.10 Å². The fourth-order valence-electron chi connectivity index (χ4n) is 11.9. The van der Waals surface area contributed by atoms with Gasteiger partial charge in [-0.05, 0) is 152 Å². The van der Waals surface area contributed by atoms with Gasteiger partial charge >= 0.3 is 0 Å². The van der Waals surface area contributed by atoms with Crippen molar-refractivity contribution in [1.82, 2.24) is 0 Å². The smallest absolute Gasteiger partial charge is 0.0629 e. The number of anilines is 2. The quantitative estimate of drug-likeness (QED) is 0.203. The van der Waals surface area contributed by atoms with Crippen LogP contribution in [0.1, 0.15) is 138 Å². The number of fused-ring (bicyclic) bond motifs is 5. The molecule has 4 aliphatic carbocycles. The fraction of sp³-hybridized carbons (Fsp3) is 0.846. The third kappa shape index (κ3) is 6.16. The zero-order valence-corrected chi connectivity index (χ0v) is 28.5. The molecule has 42 heavy (non-hydrogen) atoms. The van der Waals surface area contributed by atoms with E-state index in [-0.39, 0.29) is 5.41 Å². The van der Waals surface area contributed by atoms with E-state index in [2.05, 4.69) is 60.6 Å². The van der Waals surface area contributed by atoms with E-state index in [9.17, 15) is 0 Å². The van der Waals surface area contributed by atoms with Crippen molar-refractivity contribution in [3.63, 3.8) is 0 Å². The topological polar surface area (TPSA) is 61.3 Å². The molecule has 238 valence electrons. The van der Waals surface area contributed by atoms with Gasteiger partial charge in [0.15, 0.2) is 0 Å². The second kappa shape index (κ2) is 12.6. The number of benzene rings is 1. The van der Waals surface area contributed by atoms with Gasteiger partial charge in [-0.15, -0.1) is 0 Å². The normalized spacial score (nSPS) is 38.1. The van der Waals surface area contributed by atoms with Gasteiger partial charge in [0.1, 0.15) is 0 Å². The van der Waals surface area contributed by atoms with Gasteiger partial charge in [0, 0.05) is 18.0 Å². The molecular formula is C39H66N2O. The Balaban J connectivity index is 1.17. The molecule has 0 heterocycles. The minimum Gasteiger partial charge on any atom is -0.399 e. The molecule has 0 aliphatic heterocycles. The van der Waals surface area contributed by atoms with Crippen LogP contribution in [0.25, 0.3) is 0 Å². The third-order valence-corrected chi connectivity index (χ3v) is 14.0. The van der Waals surface area contributed by atoms with Crippen LogP contribution in [0.2, 0.25) is 0 Å². The average Bonchev–Trinajstić information content (AvgIpc) is 3.26. The number of ether oxygens (including phenoxy) is 1. The highest BCUT2D eigenvalue weighted by Crippen LogP contribution is 2.70. The third-order valence-electron chi connectivity index (χ3n) is 14.0. The lowest BCUT2D eigenvalue weighted by Gasteiger charge is -2.65. The van der Waals surface area contributed by atoms with E-state index in [4.69, 9.17) is 16.2 Å². The van der Waals surface area contributed by atoms with Crippen LogP contribution in [0.3, 0.4) is 0 Å². The molecule has 1 aromatic rings. The molecular weight excluding hydrogens is 512 g/mol. The maximum Gasteiger partial charge on any atom is 0.0629 e. The Bertz CT molecular complexity index is 1030. The predicted molar refractivity (Wildman–Crippen MR) is 180 cm³/mol. The first-order valence-electron chi connectivity index (χ1n) is 18.1. The summed E-state index contributed by atoms with van der Waals surface area (Å²) in [6.07, 6.45) is 19.4. The van der Waals surface area contributed by atoms with E-state index < -0.39 is 0 Å². The summed E-state index contributed by atoms with van der Waals surface area (Å²) >= 11 is 0. The van der Waals surface area contributed by atoms with Crippen molar-refractivity contribution in [3.8, 4) is 0 Å². The van der Waals surface area contributed by atoms with E-state index >= 15 is 0 Å². The molecule has 9 atom stereocenters. The first-order valence-corrected chi connectivity index (χ1v) is 18.1. The minimum atomic E-state index is 0.254. The minimum absolute atomic E-state index is 0.254. The average molecular weight is 579 g/mol. The molecule has 0 spiro atoms. The van der Waals surface area contributed by atoms with Gasteiger partial charge in [-0.3, -0.25) is 0 Å². The summed E-state index contributed by atoms with van der Waals surface area (Å²) in [6, 6.07) is 5.96. The zero-order chi connectivity index (χ0) is 30.3. The maximum atomic E-state index is 6.74. The molecule has 4 fully saturated rings. The van der Waals surface area contributed by atoms with Crippen molar-refractivity contribution in [3.05, 3.63) is 23.8 Å². The summed E-state index contributed by atoms with van der Waals surface area (Å²) in [7, 11) is 0. The van der Waals surface area contributed by atoms with Gasteiger partial charge < -0.3 is 16.2 Å². The van der Waals surface area contributed by atoms with Gasteiger partial charge in [-0.25, -0.2) is 0 Å². The molecule has 0 amide bonds. The summed E-state index contributed by atoms with van der Waals surface area (Å²) in [6.45, 7) is 18.9. The second-order valence-corrected chi connectivity index (χ2v) is 17.2. The zero-order valence-electron chi connectivity index (χ0n) is 28.5. The fourth-order valence-corrected chi connectivity index (χ4v) is 11.9. The van der Waals surface area contributed by atoms with E-state index in [0.717, 1.165) is 78.7 Å². The maximum absolute atomic E-state index is 6.74. The summed E-state index contributed by atoms with van der Waals surface area (Å²) in [5, 5.41) is 0. The number of unbranched alkanes of at least 4 members (excludes halogenated alkanes) is 1. The van der Waals surface area contributed by atoms with E-state index in [1.165, 1.54) is 76.2 Å². The van der Waals surface area contributed by atoms with Crippen molar-refractivity contribution in [2.24, 2.45) is 57.7 Å². The lowest BCUT2D eigenvalue weighted by molar-refractivity contribution is -0.191. The highest BCUT2D eigenvalue weighted by atomic mass is 16.5. The SMILES string of the molecule is CC(C)CCCC(C)[C@H]1CC[C@H]2[C@@H]3CCC4C(C)(C)C(OCCCCc5cc(N)cc(N)c5)CC[C@]4(C)[C@H]3CC[C@]12C. The Morgan fingerprint density at radius 1 is 0.762 bits per heavy atom. The van der Waals surface area contributed by atoms with Crippen LogP contribution in [0.15, 0.2) is 18.2 Å². The number of rotatable bonds is 11. The number of nitrogen functional groups attached to an aromatic ring is 2. The van der Waals surface area contributed by atoms with Crippen molar-refractivity contribution < 1.29 is 4.74 Å². The van der Waals surface area contributed by atoms with Crippen LogP contribution in [0.4, 0.5) is 11.4 Å². The Morgan fingerprint density at radius 2 is 1.45 bits per heavy atom. The molecule has 0 aromatic heterocycles. The highest BCUT2D eigenvalue weighted by Gasteiger charge is 2.63. The Labute approximate surface area is 259 Å².